The number of esters is 1. The number of ether oxygens (including phenoxy) is 3. The molecule has 0 radical (unpaired) electrons. The number of hydrogen-bond donors (Lipinski definition) is 1. The van der Waals surface area contributed by atoms with Gasteiger partial charge in [0.1, 0.15) is 11.6 Å². The number of benzene rings is 1. The van der Waals surface area contributed by atoms with Crippen LogP contribution in [0.25, 0.3) is 0 Å². The summed E-state index contributed by atoms with van der Waals surface area (Å²) in [5.74, 6) is -0.557. The summed E-state index contributed by atoms with van der Waals surface area (Å²) < 4.78 is 15.4. The van der Waals surface area contributed by atoms with E-state index in [2.05, 4.69) is 5.32 Å². The standard InChI is InChI=1S/C16H21IN2O7/c1-16(2,3)26-15(21)18-11(14(20)25-5)7-9-6-10(17)13(24-4)12(8-9)19(22)23/h6,8,11H,7H2,1-5H3,(H,18,21)/t11-/m0/s1. The largest absolute Gasteiger partial charge is 0.489 e. The van der Waals surface area contributed by atoms with Crippen LogP contribution in [-0.4, -0.2) is 42.8 Å². The SMILES string of the molecule is COC(=O)[C@H](Cc1cc(I)c(OC)c([N+](=O)[O-])c1)NC(=O)OC(C)(C)C. The van der Waals surface area contributed by atoms with Gasteiger partial charge in [0.15, 0.2) is 0 Å². The van der Waals surface area contributed by atoms with Crippen molar-refractivity contribution in [3.8, 4) is 5.75 Å². The first kappa shape index (κ1) is 21.9. The van der Waals surface area contributed by atoms with Crippen molar-refractivity contribution in [1.82, 2.24) is 5.32 Å². The van der Waals surface area contributed by atoms with E-state index in [4.69, 9.17) is 14.2 Å². The van der Waals surface area contributed by atoms with Crippen LogP contribution in [0.3, 0.4) is 0 Å². The van der Waals surface area contributed by atoms with E-state index in [1.165, 1.54) is 20.3 Å². The van der Waals surface area contributed by atoms with Gasteiger partial charge in [-0.15, -0.1) is 0 Å². The maximum Gasteiger partial charge on any atom is 0.408 e. The molecule has 0 saturated carbocycles. The molecule has 1 aromatic rings. The fraction of sp³-hybridized carbons (Fsp3) is 0.500. The van der Waals surface area contributed by atoms with Gasteiger partial charge >= 0.3 is 17.7 Å². The molecule has 0 bridgehead atoms. The molecule has 0 aromatic heterocycles. The zero-order chi connectivity index (χ0) is 20.1. The molecule has 1 rings (SSSR count). The van der Waals surface area contributed by atoms with Crippen LogP contribution in [0.1, 0.15) is 26.3 Å². The topological polar surface area (TPSA) is 117 Å². The van der Waals surface area contributed by atoms with Crippen molar-refractivity contribution in [3.63, 3.8) is 0 Å². The van der Waals surface area contributed by atoms with Gasteiger partial charge in [-0.3, -0.25) is 10.1 Å². The number of rotatable bonds is 6. The summed E-state index contributed by atoms with van der Waals surface area (Å²) in [5.41, 5.74) is -0.498. The summed E-state index contributed by atoms with van der Waals surface area (Å²) in [5, 5.41) is 13.7. The van der Waals surface area contributed by atoms with Crippen molar-refractivity contribution < 1.29 is 28.7 Å². The number of carbonyl (C=O) groups is 2. The van der Waals surface area contributed by atoms with Gasteiger partial charge in [0.25, 0.3) is 0 Å². The number of nitro groups is 1. The minimum atomic E-state index is -1.06. The lowest BCUT2D eigenvalue weighted by atomic mass is 10.0. The first-order valence-electron chi connectivity index (χ1n) is 7.56. The molecule has 144 valence electrons. The Morgan fingerprint density at radius 3 is 2.38 bits per heavy atom. The van der Waals surface area contributed by atoms with E-state index in [1.54, 1.807) is 26.8 Å². The summed E-state index contributed by atoms with van der Waals surface area (Å²) in [6, 6.07) is 1.88. The Morgan fingerprint density at radius 1 is 1.31 bits per heavy atom. The zero-order valence-electron chi connectivity index (χ0n) is 15.1. The molecule has 1 amide bonds. The first-order chi connectivity index (χ1) is 12.0. The van der Waals surface area contributed by atoms with Crippen molar-refractivity contribution in [2.75, 3.05) is 14.2 Å². The van der Waals surface area contributed by atoms with Crippen molar-refractivity contribution in [2.24, 2.45) is 0 Å². The minimum Gasteiger partial charge on any atom is -0.489 e. The number of methoxy groups -OCH3 is 2. The van der Waals surface area contributed by atoms with Crippen LogP contribution in [0.2, 0.25) is 0 Å². The normalized spacial score (nSPS) is 12.1. The lowest BCUT2D eigenvalue weighted by molar-refractivity contribution is -0.385. The molecule has 0 heterocycles. The Kier molecular flexibility index (Phi) is 7.60. The smallest absolute Gasteiger partial charge is 0.408 e. The lowest BCUT2D eigenvalue weighted by Gasteiger charge is -2.22. The predicted octanol–water partition coefficient (Wildman–Crippen LogP) is 2.82. The predicted molar refractivity (Wildman–Crippen MR) is 101 cm³/mol. The van der Waals surface area contributed by atoms with E-state index in [0.717, 1.165) is 0 Å². The molecular weight excluding hydrogens is 459 g/mol. The summed E-state index contributed by atoms with van der Waals surface area (Å²) in [6.07, 6.45) is -0.794. The molecule has 0 fully saturated rings. The number of hydrogen-bond acceptors (Lipinski definition) is 7. The van der Waals surface area contributed by atoms with E-state index in [9.17, 15) is 19.7 Å². The molecule has 0 aliphatic rings. The minimum absolute atomic E-state index is 0.00719. The van der Waals surface area contributed by atoms with Crippen LogP contribution in [0.4, 0.5) is 10.5 Å². The Morgan fingerprint density at radius 2 is 1.92 bits per heavy atom. The van der Waals surface area contributed by atoms with Gasteiger partial charge in [0.2, 0.25) is 5.75 Å². The zero-order valence-corrected chi connectivity index (χ0v) is 17.3. The van der Waals surface area contributed by atoms with Crippen LogP contribution in [-0.2, 0) is 20.7 Å². The summed E-state index contributed by atoms with van der Waals surface area (Å²) in [7, 11) is 2.53. The third-order valence-corrected chi connectivity index (χ3v) is 3.90. The summed E-state index contributed by atoms with van der Waals surface area (Å²) in [4.78, 5) is 34.6. The monoisotopic (exact) mass is 480 g/mol. The molecule has 0 spiro atoms. The maximum atomic E-state index is 12.0. The van der Waals surface area contributed by atoms with Crippen LogP contribution in [0.5, 0.6) is 5.75 Å². The average Bonchev–Trinajstić information content (AvgIpc) is 2.51. The fourth-order valence-electron chi connectivity index (χ4n) is 2.11. The summed E-state index contributed by atoms with van der Waals surface area (Å²) >= 11 is 1.90. The number of carbonyl (C=O) groups excluding carboxylic acids is 2. The van der Waals surface area contributed by atoms with Crippen LogP contribution in [0, 0.1) is 13.7 Å². The highest BCUT2D eigenvalue weighted by molar-refractivity contribution is 14.1. The maximum absolute atomic E-state index is 12.0. The van der Waals surface area contributed by atoms with Crippen LogP contribution < -0.4 is 10.1 Å². The number of nitrogens with one attached hydrogen (secondary N) is 1. The average molecular weight is 480 g/mol. The highest BCUT2D eigenvalue weighted by Crippen LogP contribution is 2.33. The molecule has 1 atom stereocenters. The van der Waals surface area contributed by atoms with E-state index in [1.807, 2.05) is 22.6 Å². The van der Waals surface area contributed by atoms with E-state index in [-0.39, 0.29) is 17.9 Å². The van der Waals surface area contributed by atoms with Crippen molar-refractivity contribution in [2.45, 2.75) is 38.8 Å². The lowest BCUT2D eigenvalue weighted by Crippen LogP contribution is -2.45. The van der Waals surface area contributed by atoms with Gasteiger partial charge in [-0.25, -0.2) is 9.59 Å². The van der Waals surface area contributed by atoms with Gasteiger partial charge in [-0.1, -0.05) is 0 Å². The Bertz CT molecular complexity index is 701. The Labute approximate surface area is 164 Å². The van der Waals surface area contributed by atoms with Gasteiger partial charge in [0, 0.05) is 12.5 Å². The Balaban J connectivity index is 3.10. The molecule has 10 heteroatoms. The summed E-state index contributed by atoms with van der Waals surface area (Å²) in [6.45, 7) is 5.07. The van der Waals surface area contributed by atoms with Crippen LogP contribution >= 0.6 is 22.6 Å². The third-order valence-electron chi connectivity index (χ3n) is 3.10. The van der Waals surface area contributed by atoms with E-state index in [0.29, 0.717) is 9.13 Å². The highest BCUT2D eigenvalue weighted by atomic mass is 127. The quantitative estimate of drug-likeness (QED) is 0.288. The third kappa shape index (κ3) is 6.32. The molecule has 0 saturated heterocycles. The van der Waals surface area contributed by atoms with Gasteiger partial charge in [-0.05, 0) is 55.0 Å². The number of amides is 1. The highest BCUT2D eigenvalue weighted by Gasteiger charge is 2.27. The molecule has 1 aromatic carbocycles. The van der Waals surface area contributed by atoms with Gasteiger partial charge in [-0.2, -0.15) is 0 Å². The fourth-order valence-corrected chi connectivity index (χ4v) is 3.01. The number of nitro benzene ring substituents is 1. The first-order valence-corrected chi connectivity index (χ1v) is 8.64. The molecule has 9 nitrogen and oxygen atoms in total. The second kappa shape index (κ2) is 9.01. The second-order valence-corrected chi connectivity index (χ2v) is 7.48. The molecular formula is C16H21IN2O7. The Hall–Kier alpha value is -2.11. The number of alkyl carbamates (subject to hydrolysis) is 1. The van der Waals surface area contributed by atoms with E-state index >= 15 is 0 Å². The molecule has 0 aliphatic carbocycles. The van der Waals surface area contributed by atoms with Gasteiger partial charge < -0.3 is 19.5 Å². The number of halogens is 1. The number of nitrogens with zero attached hydrogens (tertiary/aromatic N) is 1. The molecule has 26 heavy (non-hydrogen) atoms. The molecule has 1 N–H and O–H groups in total. The second-order valence-electron chi connectivity index (χ2n) is 6.31. The molecule has 0 unspecified atom stereocenters. The van der Waals surface area contributed by atoms with Crippen molar-refractivity contribution in [3.05, 3.63) is 31.4 Å². The van der Waals surface area contributed by atoms with E-state index < -0.39 is 28.6 Å². The van der Waals surface area contributed by atoms with Crippen molar-refractivity contribution >= 4 is 40.3 Å². The van der Waals surface area contributed by atoms with Crippen LogP contribution in [0.15, 0.2) is 12.1 Å². The molecule has 0 aliphatic heterocycles. The van der Waals surface area contributed by atoms with Gasteiger partial charge in [0.05, 0.1) is 22.7 Å². The van der Waals surface area contributed by atoms with Crippen molar-refractivity contribution in [1.29, 1.82) is 0 Å².